The number of rotatable bonds is 4. The largest absolute Gasteiger partial charge is 0.486 e. The van der Waals surface area contributed by atoms with E-state index < -0.39 is 15.9 Å². The van der Waals surface area contributed by atoms with Crippen LogP contribution in [0.1, 0.15) is 10.4 Å². The van der Waals surface area contributed by atoms with E-state index in [9.17, 15) is 13.2 Å². The number of nitrogens with one attached hydrogen (secondary N) is 2. The number of benzene rings is 2. The molecule has 0 aliphatic carbocycles. The molecule has 1 aliphatic rings. The fraction of sp³-hybridized carbons (Fsp3) is 0.133. The van der Waals surface area contributed by atoms with Crippen LogP contribution in [0.5, 0.6) is 11.5 Å². The number of fused-ring (bicyclic) bond motifs is 1. The zero-order chi connectivity index (χ0) is 18.0. The minimum atomic E-state index is -4.00. The molecule has 25 heavy (non-hydrogen) atoms. The molecule has 2 aromatic carbocycles. The van der Waals surface area contributed by atoms with Crippen molar-refractivity contribution in [3.05, 3.63) is 52.0 Å². The first-order valence-electron chi connectivity index (χ1n) is 7.04. The van der Waals surface area contributed by atoms with Crippen molar-refractivity contribution >= 4 is 39.1 Å². The standard InChI is InChI=1S/C15H12Cl2N2O5S/c16-11-3-2-10(8-12(11)17)25(21,22)19-18-15(20)9-1-4-13-14(7-9)24-6-5-23-13/h1-4,7-8,19H,5-6H2,(H,18,20). The van der Waals surface area contributed by atoms with Crippen molar-refractivity contribution in [1.82, 2.24) is 10.3 Å². The molecule has 0 radical (unpaired) electrons. The van der Waals surface area contributed by atoms with E-state index >= 15 is 0 Å². The smallest absolute Gasteiger partial charge is 0.266 e. The number of ether oxygens (including phenoxy) is 2. The van der Waals surface area contributed by atoms with E-state index in [1.165, 1.54) is 30.3 Å². The Kier molecular flexibility index (Phi) is 5.05. The molecule has 0 spiro atoms. The van der Waals surface area contributed by atoms with Crippen LogP contribution in [-0.2, 0) is 10.0 Å². The van der Waals surface area contributed by atoms with E-state index in [-0.39, 0.29) is 20.5 Å². The lowest BCUT2D eigenvalue weighted by Crippen LogP contribution is -2.41. The first kappa shape index (κ1) is 17.8. The van der Waals surface area contributed by atoms with E-state index in [2.05, 4.69) is 5.43 Å². The molecular formula is C15H12Cl2N2O5S. The van der Waals surface area contributed by atoms with Gasteiger partial charge in [0.2, 0.25) is 0 Å². The topological polar surface area (TPSA) is 93.7 Å². The van der Waals surface area contributed by atoms with Crippen LogP contribution in [0.3, 0.4) is 0 Å². The highest BCUT2D eigenvalue weighted by Gasteiger charge is 2.19. The minimum absolute atomic E-state index is 0.0858. The highest BCUT2D eigenvalue weighted by atomic mass is 35.5. The number of amides is 1. The van der Waals surface area contributed by atoms with Crippen molar-refractivity contribution in [2.24, 2.45) is 0 Å². The van der Waals surface area contributed by atoms with Gasteiger partial charge in [0, 0.05) is 5.56 Å². The summed E-state index contributed by atoms with van der Waals surface area (Å²) in [5, 5.41) is 0.309. The third-order valence-electron chi connectivity index (χ3n) is 3.30. The average Bonchev–Trinajstić information content (AvgIpc) is 2.61. The number of sulfonamides is 1. The first-order valence-corrected chi connectivity index (χ1v) is 9.27. The van der Waals surface area contributed by atoms with Crippen LogP contribution in [-0.4, -0.2) is 27.5 Å². The predicted molar refractivity (Wildman–Crippen MR) is 91.7 cm³/mol. The zero-order valence-corrected chi connectivity index (χ0v) is 14.9. The van der Waals surface area contributed by atoms with Gasteiger partial charge in [-0.1, -0.05) is 23.2 Å². The minimum Gasteiger partial charge on any atom is -0.486 e. The van der Waals surface area contributed by atoms with Gasteiger partial charge >= 0.3 is 0 Å². The quantitative estimate of drug-likeness (QED) is 0.765. The lowest BCUT2D eigenvalue weighted by Gasteiger charge is -2.18. The van der Waals surface area contributed by atoms with Crippen LogP contribution in [0.25, 0.3) is 0 Å². The monoisotopic (exact) mass is 402 g/mol. The molecular weight excluding hydrogens is 391 g/mol. The maximum atomic E-state index is 12.2. The van der Waals surface area contributed by atoms with Gasteiger partial charge in [0.15, 0.2) is 11.5 Å². The summed E-state index contributed by atoms with van der Waals surface area (Å²) in [5.41, 5.74) is 2.34. The average molecular weight is 403 g/mol. The van der Waals surface area contributed by atoms with E-state index in [4.69, 9.17) is 32.7 Å². The molecule has 1 aliphatic heterocycles. The number of carbonyl (C=O) groups is 1. The van der Waals surface area contributed by atoms with Crippen molar-refractivity contribution < 1.29 is 22.7 Å². The van der Waals surface area contributed by atoms with Crippen LogP contribution in [0.15, 0.2) is 41.3 Å². The molecule has 1 amide bonds. The Labute approximate surface area is 153 Å². The summed E-state index contributed by atoms with van der Waals surface area (Å²) in [4.78, 5) is 14.0. The molecule has 0 unspecified atom stereocenters. The van der Waals surface area contributed by atoms with E-state index in [1.54, 1.807) is 6.07 Å². The molecule has 3 rings (SSSR count). The summed E-state index contributed by atoms with van der Waals surface area (Å²) < 4.78 is 35.1. The van der Waals surface area contributed by atoms with Crippen LogP contribution in [0, 0.1) is 0 Å². The molecule has 0 fully saturated rings. The Balaban J connectivity index is 1.72. The van der Waals surface area contributed by atoms with Crippen LogP contribution in [0.4, 0.5) is 0 Å². The second-order valence-corrected chi connectivity index (χ2v) is 7.49. The fourth-order valence-electron chi connectivity index (χ4n) is 2.07. The van der Waals surface area contributed by atoms with Crippen molar-refractivity contribution in [2.45, 2.75) is 4.90 Å². The normalized spacial score (nSPS) is 13.4. The molecule has 0 bridgehead atoms. The molecule has 0 saturated heterocycles. The number of hydrazine groups is 1. The Hall–Kier alpha value is -2.00. The van der Waals surface area contributed by atoms with Gasteiger partial charge in [-0.15, -0.1) is 4.83 Å². The number of hydrogen-bond donors (Lipinski definition) is 2. The van der Waals surface area contributed by atoms with E-state index in [0.29, 0.717) is 24.7 Å². The van der Waals surface area contributed by atoms with E-state index in [0.717, 1.165) is 0 Å². The zero-order valence-electron chi connectivity index (χ0n) is 12.6. The van der Waals surface area contributed by atoms with Crippen molar-refractivity contribution in [3.63, 3.8) is 0 Å². The molecule has 7 nitrogen and oxygen atoms in total. The maximum Gasteiger partial charge on any atom is 0.266 e. The molecule has 0 aromatic heterocycles. The van der Waals surface area contributed by atoms with Gasteiger partial charge in [0.25, 0.3) is 15.9 Å². The Morgan fingerprint density at radius 3 is 2.40 bits per heavy atom. The SMILES string of the molecule is O=C(NNS(=O)(=O)c1ccc(Cl)c(Cl)c1)c1ccc2c(c1)OCCO2. The Morgan fingerprint density at radius 1 is 0.960 bits per heavy atom. The second kappa shape index (κ2) is 7.09. The molecule has 0 atom stereocenters. The number of halogens is 2. The molecule has 1 heterocycles. The van der Waals surface area contributed by atoms with Gasteiger partial charge < -0.3 is 9.47 Å². The third kappa shape index (κ3) is 3.98. The lowest BCUT2D eigenvalue weighted by atomic mass is 10.2. The second-order valence-electron chi connectivity index (χ2n) is 4.99. The van der Waals surface area contributed by atoms with E-state index in [1.807, 2.05) is 4.83 Å². The van der Waals surface area contributed by atoms with Crippen molar-refractivity contribution in [3.8, 4) is 11.5 Å². The summed E-state index contributed by atoms with van der Waals surface area (Å²) in [6.07, 6.45) is 0. The van der Waals surface area contributed by atoms with Gasteiger partial charge in [-0.2, -0.15) is 0 Å². The molecule has 0 saturated carbocycles. The number of hydrogen-bond acceptors (Lipinski definition) is 5. The van der Waals surface area contributed by atoms with Gasteiger partial charge in [0.05, 0.1) is 14.9 Å². The van der Waals surface area contributed by atoms with Crippen LogP contribution >= 0.6 is 23.2 Å². The molecule has 132 valence electrons. The van der Waals surface area contributed by atoms with Gasteiger partial charge in [-0.3, -0.25) is 10.2 Å². The van der Waals surface area contributed by atoms with Crippen molar-refractivity contribution in [1.29, 1.82) is 0 Å². The third-order valence-corrected chi connectivity index (χ3v) is 5.29. The summed E-state index contributed by atoms with van der Waals surface area (Å²) in [6, 6.07) is 8.35. The summed E-state index contributed by atoms with van der Waals surface area (Å²) in [5.74, 6) is 0.297. The Bertz CT molecular complexity index is 934. The summed E-state index contributed by atoms with van der Waals surface area (Å²) in [7, 11) is -4.00. The molecule has 10 heteroatoms. The highest BCUT2D eigenvalue weighted by molar-refractivity contribution is 7.89. The molecule has 2 N–H and O–H groups in total. The van der Waals surface area contributed by atoms with Gasteiger partial charge in [-0.25, -0.2) is 8.42 Å². The lowest BCUT2D eigenvalue weighted by molar-refractivity contribution is 0.0944. The summed E-state index contributed by atoms with van der Waals surface area (Å²) >= 11 is 11.6. The number of carbonyl (C=O) groups excluding carboxylic acids is 1. The van der Waals surface area contributed by atoms with Crippen molar-refractivity contribution in [2.75, 3.05) is 13.2 Å². The van der Waals surface area contributed by atoms with Crippen LogP contribution < -0.4 is 19.7 Å². The van der Waals surface area contributed by atoms with Gasteiger partial charge in [-0.05, 0) is 36.4 Å². The highest BCUT2D eigenvalue weighted by Crippen LogP contribution is 2.30. The maximum absolute atomic E-state index is 12.2. The Morgan fingerprint density at radius 2 is 1.68 bits per heavy atom. The van der Waals surface area contributed by atoms with Crippen LogP contribution in [0.2, 0.25) is 10.0 Å². The fourth-order valence-corrected chi connectivity index (χ4v) is 3.30. The predicted octanol–water partition coefficient (Wildman–Crippen LogP) is 2.39. The van der Waals surface area contributed by atoms with Gasteiger partial charge in [0.1, 0.15) is 13.2 Å². The summed E-state index contributed by atoms with van der Waals surface area (Å²) in [6.45, 7) is 0.810. The first-order chi connectivity index (χ1) is 11.9. The molecule has 2 aromatic rings.